The maximum atomic E-state index is 13.1. The molecule has 3 aromatic rings. The third-order valence-electron chi connectivity index (χ3n) is 5.32. The molecule has 0 saturated heterocycles. The molecule has 37 heavy (non-hydrogen) atoms. The number of carbonyl (C=O) groups is 1. The van der Waals surface area contributed by atoms with Crippen LogP contribution in [0.3, 0.4) is 0 Å². The number of halogens is 2. The molecule has 0 saturated carbocycles. The topological polar surface area (TPSA) is 130 Å². The third kappa shape index (κ3) is 6.53. The van der Waals surface area contributed by atoms with E-state index in [0.717, 1.165) is 11.1 Å². The van der Waals surface area contributed by atoms with Crippen LogP contribution in [0.5, 0.6) is 0 Å². The van der Waals surface area contributed by atoms with Crippen LogP contribution < -0.4 is 11.1 Å². The van der Waals surface area contributed by atoms with Crippen molar-refractivity contribution in [3.63, 3.8) is 0 Å². The summed E-state index contributed by atoms with van der Waals surface area (Å²) in [5.74, 6) is -1.37. The van der Waals surface area contributed by atoms with Crippen LogP contribution in [-0.2, 0) is 14.8 Å². The van der Waals surface area contributed by atoms with Gasteiger partial charge in [-0.2, -0.15) is 18.5 Å². The first kappa shape index (κ1) is 26.3. The molecule has 0 unspecified atom stereocenters. The molecule has 0 radical (unpaired) electrons. The van der Waals surface area contributed by atoms with Gasteiger partial charge in [0.25, 0.3) is 16.0 Å². The summed E-state index contributed by atoms with van der Waals surface area (Å²) >= 11 is 12.0. The molecule has 0 bridgehead atoms. The normalized spacial score (nSPS) is 16.5. The second-order valence-corrected chi connectivity index (χ2v) is 10.5. The molecule has 3 aromatic carbocycles. The van der Waals surface area contributed by atoms with Crippen LogP contribution in [0.15, 0.2) is 98.2 Å². The predicted octanol–water partition coefficient (Wildman–Crippen LogP) is 3.99. The molecule has 0 spiro atoms. The number of hydrogen-bond acceptors (Lipinski definition) is 4. The Labute approximate surface area is 224 Å². The first-order chi connectivity index (χ1) is 17.6. The number of sulfonamides is 1. The van der Waals surface area contributed by atoms with Crippen molar-refractivity contribution in [3.05, 3.63) is 100 Å². The van der Waals surface area contributed by atoms with E-state index in [-0.39, 0.29) is 29.3 Å². The maximum Gasteiger partial charge on any atom is 0.285 e. The quantitative estimate of drug-likeness (QED) is 0.370. The van der Waals surface area contributed by atoms with Gasteiger partial charge in [-0.1, -0.05) is 65.7 Å². The highest BCUT2D eigenvalue weighted by molar-refractivity contribution is 7.90. The van der Waals surface area contributed by atoms with Gasteiger partial charge in [0.1, 0.15) is 0 Å². The zero-order valence-corrected chi connectivity index (χ0v) is 21.9. The first-order valence-corrected chi connectivity index (χ1v) is 13.2. The molecule has 1 aliphatic rings. The lowest BCUT2D eigenvalue weighted by atomic mass is 9.91. The third-order valence-corrected chi connectivity index (χ3v) is 7.10. The van der Waals surface area contributed by atoms with Crippen LogP contribution in [0.1, 0.15) is 24.0 Å². The van der Waals surface area contributed by atoms with E-state index in [9.17, 15) is 13.2 Å². The van der Waals surface area contributed by atoms with Gasteiger partial charge in [0, 0.05) is 22.9 Å². The van der Waals surface area contributed by atoms with Gasteiger partial charge in [-0.3, -0.25) is 10.1 Å². The summed E-state index contributed by atoms with van der Waals surface area (Å²) in [5.41, 5.74) is 8.27. The Morgan fingerprint density at radius 2 is 1.59 bits per heavy atom. The zero-order chi connectivity index (χ0) is 26.6. The van der Waals surface area contributed by atoms with Gasteiger partial charge in [0.15, 0.2) is 0 Å². The van der Waals surface area contributed by atoms with Crippen molar-refractivity contribution >= 4 is 56.8 Å². The zero-order valence-electron chi connectivity index (χ0n) is 19.5. The summed E-state index contributed by atoms with van der Waals surface area (Å²) < 4.78 is 30.2. The Morgan fingerprint density at radius 3 is 2.19 bits per heavy atom. The number of nitrogens with zero attached hydrogens (tertiary/aromatic N) is 4. The average Bonchev–Trinajstić information content (AvgIpc) is 3.30. The Bertz CT molecular complexity index is 1490. The van der Waals surface area contributed by atoms with E-state index in [1.807, 2.05) is 42.5 Å². The van der Waals surface area contributed by atoms with E-state index in [1.54, 1.807) is 12.1 Å². The average molecular weight is 557 g/mol. The molecule has 1 heterocycles. The van der Waals surface area contributed by atoms with E-state index in [2.05, 4.69) is 19.8 Å². The number of aliphatic imine (C=N–C) groups is 1. The molecule has 1 aliphatic heterocycles. The molecule has 190 valence electrons. The molecule has 4 rings (SSSR count). The van der Waals surface area contributed by atoms with Crippen LogP contribution in [-0.4, -0.2) is 43.5 Å². The molecule has 12 heteroatoms. The van der Waals surface area contributed by atoms with Gasteiger partial charge in [0.05, 0.1) is 17.2 Å². The highest BCUT2D eigenvalue weighted by atomic mass is 35.5. The molecule has 1 atom stereocenters. The molecule has 0 aliphatic carbocycles. The van der Waals surface area contributed by atoms with Gasteiger partial charge in [-0.05, 0) is 47.5 Å². The summed E-state index contributed by atoms with van der Waals surface area (Å²) in [4.78, 5) is 15.5. The first-order valence-electron chi connectivity index (χ1n) is 11.0. The van der Waals surface area contributed by atoms with Crippen LogP contribution >= 0.6 is 23.2 Å². The van der Waals surface area contributed by atoms with Gasteiger partial charge < -0.3 is 5.73 Å². The van der Waals surface area contributed by atoms with E-state index >= 15 is 0 Å². The van der Waals surface area contributed by atoms with Crippen LogP contribution in [0.2, 0.25) is 10.0 Å². The maximum absolute atomic E-state index is 13.1. The number of amides is 1. The van der Waals surface area contributed by atoms with Crippen molar-refractivity contribution < 1.29 is 13.2 Å². The number of carbonyl (C=O) groups excluding carboxylic acids is 1. The lowest BCUT2D eigenvalue weighted by Crippen LogP contribution is -2.37. The summed E-state index contributed by atoms with van der Waals surface area (Å²) in [6, 6.07) is 22.3. The van der Waals surface area contributed by atoms with Crippen molar-refractivity contribution in [3.8, 4) is 0 Å². The van der Waals surface area contributed by atoms with E-state index in [1.165, 1.54) is 36.2 Å². The number of benzene rings is 3. The van der Waals surface area contributed by atoms with Crippen LogP contribution in [0.4, 0.5) is 0 Å². The fourth-order valence-corrected chi connectivity index (χ4v) is 4.85. The molecule has 3 N–H and O–H groups in total. The Morgan fingerprint density at radius 1 is 1.00 bits per heavy atom. The standard InChI is InChI=1S/C25H22Cl2N6O3S/c1-16(34)29-24(28)30-25(32-37(35,36)21-13-11-20(27)12-14-21)33-15-22(17-5-3-2-4-6-17)23(31-33)18-7-9-19(26)10-8-18/h2-14,22H,15H2,1H3,(H3,28,29,30,32,34)/t22-/m1/s1. The van der Waals surface area contributed by atoms with Crippen molar-refractivity contribution in [1.82, 2.24) is 10.3 Å². The largest absolute Gasteiger partial charge is 0.369 e. The van der Waals surface area contributed by atoms with E-state index in [0.29, 0.717) is 15.8 Å². The van der Waals surface area contributed by atoms with E-state index < -0.39 is 15.9 Å². The lowest BCUT2D eigenvalue weighted by Gasteiger charge is -2.16. The van der Waals surface area contributed by atoms with Crippen molar-refractivity contribution in [2.75, 3.05) is 6.54 Å². The second-order valence-electron chi connectivity index (χ2n) is 8.04. The van der Waals surface area contributed by atoms with E-state index in [4.69, 9.17) is 28.9 Å². The minimum absolute atomic E-state index is 0.0941. The molecule has 9 nitrogen and oxygen atoms in total. The minimum Gasteiger partial charge on any atom is -0.369 e. The number of guanidine groups is 2. The Balaban J connectivity index is 1.83. The Hall–Kier alpha value is -3.73. The van der Waals surface area contributed by atoms with Crippen molar-refractivity contribution in [2.24, 2.45) is 20.2 Å². The molecule has 1 amide bonds. The summed E-state index contributed by atoms with van der Waals surface area (Å²) in [5, 5.41) is 9.31. The molecular formula is C25H22Cl2N6O3S. The van der Waals surface area contributed by atoms with Gasteiger partial charge in [-0.15, -0.1) is 4.40 Å². The predicted molar refractivity (Wildman–Crippen MR) is 145 cm³/mol. The van der Waals surface area contributed by atoms with Crippen LogP contribution in [0.25, 0.3) is 0 Å². The number of nitrogens with one attached hydrogen (secondary N) is 1. The van der Waals surface area contributed by atoms with Gasteiger partial charge >= 0.3 is 0 Å². The lowest BCUT2D eigenvalue weighted by molar-refractivity contribution is -0.117. The van der Waals surface area contributed by atoms with Gasteiger partial charge in [-0.25, -0.2) is 5.01 Å². The number of rotatable bonds is 4. The molecule has 0 aromatic heterocycles. The van der Waals surface area contributed by atoms with Gasteiger partial charge in [0.2, 0.25) is 11.9 Å². The Kier molecular flexibility index (Phi) is 7.91. The molecular weight excluding hydrogens is 535 g/mol. The smallest absolute Gasteiger partial charge is 0.285 e. The number of hydrazone groups is 1. The SMILES string of the molecule is CC(=O)N/C(N)=N/C(=N\S(=O)(=O)c1ccc(Cl)cc1)N1C[C@H](c2ccccc2)C(c2ccc(Cl)cc2)=N1. The highest BCUT2D eigenvalue weighted by Crippen LogP contribution is 2.30. The summed E-state index contributed by atoms with van der Waals surface area (Å²) in [6.07, 6.45) is 0. The highest BCUT2D eigenvalue weighted by Gasteiger charge is 2.32. The fourth-order valence-electron chi connectivity index (χ4n) is 3.66. The number of nitrogens with two attached hydrogens (primary N) is 1. The number of hydrogen-bond donors (Lipinski definition) is 2. The van der Waals surface area contributed by atoms with Crippen LogP contribution in [0, 0.1) is 0 Å². The monoisotopic (exact) mass is 556 g/mol. The fraction of sp³-hybridized carbons (Fsp3) is 0.120. The van der Waals surface area contributed by atoms with Crippen molar-refractivity contribution in [2.45, 2.75) is 17.7 Å². The van der Waals surface area contributed by atoms with Crippen molar-refractivity contribution in [1.29, 1.82) is 0 Å². The molecule has 0 fully saturated rings. The minimum atomic E-state index is -4.23. The second kappa shape index (κ2) is 11.1. The summed E-state index contributed by atoms with van der Waals surface area (Å²) in [6.45, 7) is 1.47. The summed E-state index contributed by atoms with van der Waals surface area (Å²) in [7, 11) is -4.23.